The Morgan fingerprint density at radius 3 is 2.42 bits per heavy atom. The molecule has 0 unspecified atom stereocenters. The van der Waals surface area contributed by atoms with Crippen LogP contribution < -0.4 is 9.62 Å². The van der Waals surface area contributed by atoms with Gasteiger partial charge in [0.05, 0.1) is 18.5 Å². The fourth-order valence-corrected chi connectivity index (χ4v) is 2.96. The highest BCUT2D eigenvalue weighted by Crippen LogP contribution is 2.19. The van der Waals surface area contributed by atoms with Gasteiger partial charge in [0.2, 0.25) is 5.91 Å². The number of rotatable bonds is 7. The summed E-state index contributed by atoms with van der Waals surface area (Å²) in [6, 6.07) is 8.24. The summed E-state index contributed by atoms with van der Waals surface area (Å²) in [6.07, 6.45) is 1.48. The molecule has 130 valence electrons. The van der Waals surface area contributed by atoms with Gasteiger partial charge in [-0.25, -0.2) is 8.70 Å². The van der Waals surface area contributed by atoms with Gasteiger partial charge in [-0.1, -0.05) is 0 Å². The minimum atomic E-state index is -3.91. The molecule has 1 amide bonds. The van der Waals surface area contributed by atoms with Crippen LogP contribution in [0.1, 0.15) is 5.76 Å². The standard InChI is InChI=1S/C15H18FN3O4S/c1-18(2)24(21,22)19(13-7-5-12(16)6-8-13)11-15(20)17-10-14-4-3-9-23-14/h3-9H,10-11H2,1-2H3,(H,17,20). The molecular formula is C15H18FN3O4S. The van der Waals surface area contributed by atoms with Crippen molar-refractivity contribution in [1.29, 1.82) is 0 Å². The summed E-state index contributed by atoms with van der Waals surface area (Å²) in [4.78, 5) is 12.1. The molecule has 0 aliphatic rings. The van der Waals surface area contributed by atoms with Gasteiger partial charge in [0.15, 0.2) is 0 Å². The highest BCUT2D eigenvalue weighted by Gasteiger charge is 2.27. The molecule has 0 spiro atoms. The molecule has 0 saturated heterocycles. The van der Waals surface area contributed by atoms with Crippen molar-refractivity contribution in [1.82, 2.24) is 9.62 Å². The van der Waals surface area contributed by atoms with Crippen LogP contribution in [0.25, 0.3) is 0 Å². The summed E-state index contributed by atoms with van der Waals surface area (Å²) in [6.45, 7) is -0.294. The van der Waals surface area contributed by atoms with Crippen LogP contribution in [0.3, 0.4) is 0 Å². The van der Waals surface area contributed by atoms with Gasteiger partial charge in [-0.05, 0) is 36.4 Å². The van der Waals surface area contributed by atoms with E-state index in [1.165, 1.54) is 32.5 Å². The zero-order valence-electron chi connectivity index (χ0n) is 13.3. The third kappa shape index (κ3) is 4.33. The first-order valence-electron chi connectivity index (χ1n) is 7.05. The first kappa shape index (κ1) is 18.0. The smallest absolute Gasteiger partial charge is 0.304 e. The van der Waals surface area contributed by atoms with Gasteiger partial charge in [0.25, 0.3) is 0 Å². The third-order valence-corrected chi connectivity index (χ3v) is 5.00. The summed E-state index contributed by atoms with van der Waals surface area (Å²) in [5, 5.41) is 2.58. The minimum absolute atomic E-state index is 0.144. The van der Waals surface area contributed by atoms with Crippen LogP contribution in [-0.4, -0.2) is 39.3 Å². The largest absolute Gasteiger partial charge is 0.467 e. The average molecular weight is 355 g/mol. The van der Waals surface area contributed by atoms with E-state index in [1.54, 1.807) is 12.1 Å². The Bertz CT molecular complexity index is 774. The monoisotopic (exact) mass is 355 g/mol. The molecule has 9 heteroatoms. The number of furan rings is 1. The number of hydrogen-bond acceptors (Lipinski definition) is 4. The Labute approximate surface area is 139 Å². The van der Waals surface area contributed by atoms with E-state index in [9.17, 15) is 17.6 Å². The first-order valence-corrected chi connectivity index (χ1v) is 8.45. The molecule has 24 heavy (non-hydrogen) atoms. The maximum Gasteiger partial charge on any atom is 0.304 e. The van der Waals surface area contributed by atoms with Gasteiger partial charge in [-0.3, -0.25) is 4.79 Å². The number of nitrogens with zero attached hydrogens (tertiary/aromatic N) is 2. The van der Waals surface area contributed by atoms with Crippen molar-refractivity contribution in [3.05, 3.63) is 54.2 Å². The summed E-state index contributed by atoms with van der Waals surface area (Å²) in [5.74, 6) is -0.462. The van der Waals surface area contributed by atoms with Crippen LogP contribution >= 0.6 is 0 Å². The van der Waals surface area contributed by atoms with E-state index >= 15 is 0 Å². The lowest BCUT2D eigenvalue weighted by Crippen LogP contribution is -2.45. The maximum atomic E-state index is 13.1. The van der Waals surface area contributed by atoms with Gasteiger partial charge in [0.1, 0.15) is 18.1 Å². The van der Waals surface area contributed by atoms with Gasteiger partial charge in [-0.15, -0.1) is 0 Å². The second kappa shape index (κ2) is 7.45. The summed E-state index contributed by atoms with van der Waals surface area (Å²) in [5.41, 5.74) is 0.193. The molecule has 0 aliphatic carbocycles. The molecule has 0 fully saturated rings. The number of hydrogen-bond donors (Lipinski definition) is 1. The second-order valence-electron chi connectivity index (χ2n) is 5.13. The van der Waals surface area contributed by atoms with Gasteiger partial charge in [-0.2, -0.15) is 12.7 Å². The Hall–Kier alpha value is -2.39. The minimum Gasteiger partial charge on any atom is -0.467 e. The van der Waals surface area contributed by atoms with Gasteiger partial charge in [0, 0.05) is 14.1 Å². The van der Waals surface area contributed by atoms with Crippen molar-refractivity contribution in [2.75, 3.05) is 24.9 Å². The highest BCUT2D eigenvalue weighted by molar-refractivity contribution is 7.90. The number of anilines is 1. The molecule has 2 rings (SSSR count). The third-order valence-electron chi connectivity index (χ3n) is 3.18. The molecule has 0 radical (unpaired) electrons. The molecule has 0 saturated carbocycles. The first-order chi connectivity index (χ1) is 11.3. The number of amides is 1. The SMILES string of the molecule is CN(C)S(=O)(=O)N(CC(=O)NCc1ccco1)c1ccc(F)cc1. The van der Waals surface area contributed by atoms with Crippen LogP contribution in [0.5, 0.6) is 0 Å². The number of halogens is 1. The topological polar surface area (TPSA) is 82.9 Å². The Balaban J connectivity index is 2.16. The fourth-order valence-electron chi connectivity index (χ4n) is 1.90. The van der Waals surface area contributed by atoms with Gasteiger partial charge >= 0.3 is 10.2 Å². The molecule has 7 nitrogen and oxygen atoms in total. The molecule has 0 aliphatic heterocycles. The van der Waals surface area contributed by atoms with Crippen LogP contribution in [0, 0.1) is 5.82 Å². The summed E-state index contributed by atoms with van der Waals surface area (Å²) >= 11 is 0. The number of carbonyl (C=O) groups excluding carboxylic acids is 1. The zero-order chi connectivity index (χ0) is 17.7. The van der Waals surface area contributed by atoms with Crippen LogP contribution in [0.15, 0.2) is 47.1 Å². The van der Waals surface area contributed by atoms with E-state index in [0.29, 0.717) is 5.76 Å². The zero-order valence-corrected chi connectivity index (χ0v) is 14.1. The van der Waals surface area contributed by atoms with E-state index in [0.717, 1.165) is 20.7 Å². The fraction of sp³-hybridized carbons (Fsp3) is 0.267. The predicted octanol–water partition coefficient (Wildman–Crippen LogP) is 1.35. The Kier molecular flexibility index (Phi) is 5.58. The van der Waals surface area contributed by atoms with Crippen LogP contribution in [-0.2, 0) is 21.5 Å². The molecular weight excluding hydrogens is 337 g/mol. The maximum absolute atomic E-state index is 13.1. The van der Waals surface area contributed by atoms with E-state index < -0.39 is 28.5 Å². The van der Waals surface area contributed by atoms with Crippen molar-refractivity contribution in [2.24, 2.45) is 0 Å². The highest BCUT2D eigenvalue weighted by atomic mass is 32.2. The van der Waals surface area contributed by atoms with E-state index in [2.05, 4.69) is 5.32 Å². The Morgan fingerprint density at radius 1 is 1.21 bits per heavy atom. The number of carbonyl (C=O) groups is 1. The van der Waals surface area contributed by atoms with E-state index in [1.807, 2.05) is 0 Å². The van der Waals surface area contributed by atoms with Crippen molar-refractivity contribution >= 4 is 21.8 Å². The normalized spacial score (nSPS) is 11.5. The molecule has 1 aromatic carbocycles. The van der Waals surface area contributed by atoms with Crippen molar-refractivity contribution in [3.63, 3.8) is 0 Å². The lowest BCUT2D eigenvalue weighted by atomic mass is 10.3. The lowest BCUT2D eigenvalue weighted by Gasteiger charge is -2.26. The number of benzene rings is 1. The van der Waals surface area contributed by atoms with Crippen LogP contribution in [0.2, 0.25) is 0 Å². The molecule has 2 aromatic rings. The summed E-state index contributed by atoms with van der Waals surface area (Å²) in [7, 11) is -1.20. The quantitative estimate of drug-likeness (QED) is 0.813. The van der Waals surface area contributed by atoms with Crippen LogP contribution in [0.4, 0.5) is 10.1 Å². The molecule has 1 aromatic heterocycles. The van der Waals surface area contributed by atoms with Crippen molar-refractivity contribution in [2.45, 2.75) is 6.54 Å². The summed E-state index contributed by atoms with van der Waals surface area (Å²) < 4.78 is 44.9. The predicted molar refractivity (Wildman–Crippen MR) is 86.9 cm³/mol. The molecule has 0 bridgehead atoms. The average Bonchev–Trinajstić information content (AvgIpc) is 3.05. The van der Waals surface area contributed by atoms with Gasteiger partial charge < -0.3 is 9.73 Å². The lowest BCUT2D eigenvalue weighted by molar-refractivity contribution is -0.119. The van der Waals surface area contributed by atoms with Crippen molar-refractivity contribution in [3.8, 4) is 0 Å². The van der Waals surface area contributed by atoms with Crippen molar-refractivity contribution < 1.29 is 22.0 Å². The Morgan fingerprint density at radius 2 is 1.88 bits per heavy atom. The molecule has 0 atom stereocenters. The van der Waals surface area contributed by atoms with E-state index in [4.69, 9.17) is 4.42 Å². The molecule has 1 N–H and O–H groups in total. The second-order valence-corrected chi connectivity index (χ2v) is 7.20. The number of nitrogens with one attached hydrogen (secondary N) is 1. The molecule has 1 heterocycles. The van der Waals surface area contributed by atoms with E-state index in [-0.39, 0.29) is 12.2 Å².